The highest BCUT2D eigenvalue weighted by Gasteiger charge is 2.24. The standard InChI is InChI=1S/C15H19NO3/c1-3-15(17)12(2)14(11-16(18)19)10-9-13-7-5-4-6-8-13/h4-10,12,14H,3,11H2,1-2H3/b10-9+. The predicted molar refractivity (Wildman–Crippen MR) is 75.3 cm³/mol. The molecule has 0 radical (unpaired) electrons. The highest BCUT2D eigenvalue weighted by atomic mass is 16.6. The third-order valence-corrected chi connectivity index (χ3v) is 3.19. The molecule has 2 atom stereocenters. The first-order valence-electron chi connectivity index (χ1n) is 6.42. The van der Waals surface area contributed by atoms with Gasteiger partial charge < -0.3 is 0 Å². The number of rotatable bonds is 7. The Labute approximate surface area is 113 Å². The topological polar surface area (TPSA) is 60.2 Å². The molecule has 1 rings (SSSR count). The van der Waals surface area contributed by atoms with Gasteiger partial charge in [0.25, 0.3) is 0 Å². The normalized spacial score (nSPS) is 14.2. The zero-order chi connectivity index (χ0) is 14.3. The van der Waals surface area contributed by atoms with Crippen LogP contribution in [0.1, 0.15) is 25.8 Å². The SMILES string of the molecule is CCC(=O)C(C)C(/C=C/c1ccccc1)C[N+](=O)[O-]. The van der Waals surface area contributed by atoms with E-state index in [1.54, 1.807) is 19.9 Å². The number of hydrogen-bond donors (Lipinski definition) is 0. The van der Waals surface area contributed by atoms with E-state index in [-0.39, 0.29) is 29.1 Å². The lowest BCUT2D eigenvalue weighted by Crippen LogP contribution is -2.25. The van der Waals surface area contributed by atoms with Gasteiger partial charge in [-0.2, -0.15) is 0 Å². The number of nitro groups is 1. The Bertz CT molecular complexity index is 454. The average molecular weight is 261 g/mol. The van der Waals surface area contributed by atoms with Crippen LogP contribution in [0.4, 0.5) is 0 Å². The molecule has 0 aliphatic rings. The number of benzene rings is 1. The molecule has 0 aliphatic heterocycles. The van der Waals surface area contributed by atoms with E-state index in [9.17, 15) is 14.9 Å². The van der Waals surface area contributed by atoms with Crippen molar-refractivity contribution in [3.63, 3.8) is 0 Å². The van der Waals surface area contributed by atoms with Crippen LogP contribution in [0, 0.1) is 22.0 Å². The van der Waals surface area contributed by atoms with Crippen LogP contribution in [0.5, 0.6) is 0 Å². The van der Waals surface area contributed by atoms with Crippen LogP contribution < -0.4 is 0 Å². The molecule has 0 fully saturated rings. The molecule has 0 heterocycles. The second-order valence-electron chi connectivity index (χ2n) is 4.56. The summed E-state index contributed by atoms with van der Waals surface area (Å²) < 4.78 is 0. The maximum atomic E-state index is 11.7. The third kappa shape index (κ3) is 5.04. The van der Waals surface area contributed by atoms with Crippen molar-refractivity contribution in [3.8, 4) is 0 Å². The van der Waals surface area contributed by atoms with Crippen molar-refractivity contribution in [1.29, 1.82) is 0 Å². The molecule has 1 aromatic carbocycles. The van der Waals surface area contributed by atoms with Crippen molar-refractivity contribution in [2.75, 3.05) is 6.54 Å². The lowest BCUT2D eigenvalue weighted by Gasteiger charge is -2.15. The summed E-state index contributed by atoms with van der Waals surface area (Å²) in [5, 5.41) is 10.7. The molecular weight excluding hydrogens is 242 g/mol. The highest BCUT2D eigenvalue weighted by Crippen LogP contribution is 2.18. The first kappa shape index (κ1) is 15.1. The van der Waals surface area contributed by atoms with Gasteiger partial charge >= 0.3 is 0 Å². The number of nitrogens with zero attached hydrogens (tertiary/aromatic N) is 1. The van der Waals surface area contributed by atoms with E-state index < -0.39 is 0 Å². The molecule has 2 unspecified atom stereocenters. The van der Waals surface area contributed by atoms with Crippen LogP contribution in [0.25, 0.3) is 6.08 Å². The lowest BCUT2D eigenvalue weighted by molar-refractivity contribution is -0.486. The molecule has 19 heavy (non-hydrogen) atoms. The van der Waals surface area contributed by atoms with Gasteiger partial charge in [0.2, 0.25) is 6.54 Å². The van der Waals surface area contributed by atoms with E-state index in [1.165, 1.54) is 0 Å². The summed E-state index contributed by atoms with van der Waals surface area (Å²) in [4.78, 5) is 22.0. The Morgan fingerprint density at radius 2 is 2.00 bits per heavy atom. The van der Waals surface area contributed by atoms with Crippen LogP contribution in [0.3, 0.4) is 0 Å². The van der Waals surface area contributed by atoms with Gasteiger partial charge in [0, 0.05) is 17.3 Å². The summed E-state index contributed by atoms with van der Waals surface area (Å²) in [6.07, 6.45) is 4.03. The minimum absolute atomic E-state index is 0.0598. The van der Waals surface area contributed by atoms with Gasteiger partial charge in [-0.25, -0.2) is 0 Å². The number of carbonyl (C=O) groups is 1. The van der Waals surface area contributed by atoms with Crippen molar-refractivity contribution in [2.45, 2.75) is 20.3 Å². The van der Waals surface area contributed by atoms with E-state index in [0.29, 0.717) is 6.42 Å². The summed E-state index contributed by atoms with van der Waals surface area (Å²) in [7, 11) is 0. The van der Waals surface area contributed by atoms with Crippen molar-refractivity contribution in [1.82, 2.24) is 0 Å². The first-order chi connectivity index (χ1) is 9.04. The van der Waals surface area contributed by atoms with E-state index in [4.69, 9.17) is 0 Å². The summed E-state index contributed by atoms with van der Waals surface area (Å²) in [5.74, 6) is -0.623. The molecule has 0 spiro atoms. The summed E-state index contributed by atoms with van der Waals surface area (Å²) in [5.41, 5.74) is 0.979. The van der Waals surface area contributed by atoms with Crippen molar-refractivity contribution >= 4 is 11.9 Å². The molecule has 4 heteroatoms. The molecule has 1 aromatic rings. The van der Waals surface area contributed by atoms with Gasteiger partial charge in [0.15, 0.2) is 0 Å². The van der Waals surface area contributed by atoms with E-state index in [1.807, 2.05) is 36.4 Å². The fourth-order valence-electron chi connectivity index (χ4n) is 1.92. The molecule has 0 amide bonds. The quantitative estimate of drug-likeness (QED) is 0.559. The van der Waals surface area contributed by atoms with E-state index in [0.717, 1.165) is 5.56 Å². The monoisotopic (exact) mass is 261 g/mol. The van der Waals surface area contributed by atoms with Crippen LogP contribution in [-0.2, 0) is 4.79 Å². The lowest BCUT2D eigenvalue weighted by atomic mass is 9.88. The van der Waals surface area contributed by atoms with Crippen molar-refractivity contribution < 1.29 is 9.72 Å². The molecule has 0 aromatic heterocycles. The molecular formula is C15H19NO3. The number of Topliss-reactive ketones (excluding diaryl/α,β-unsaturated/α-hetero) is 1. The minimum atomic E-state index is -0.362. The van der Waals surface area contributed by atoms with Gasteiger partial charge in [0.05, 0.1) is 5.92 Å². The highest BCUT2D eigenvalue weighted by molar-refractivity contribution is 5.81. The molecule has 0 N–H and O–H groups in total. The zero-order valence-corrected chi connectivity index (χ0v) is 11.3. The predicted octanol–water partition coefficient (Wildman–Crippen LogP) is 3.21. The number of carbonyl (C=O) groups excluding carboxylic acids is 1. The molecule has 4 nitrogen and oxygen atoms in total. The fraction of sp³-hybridized carbons (Fsp3) is 0.400. The second-order valence-corrected chi connectivity index (χ2v) is 4.56. The Morgan fingerprint density at radius 3 is 2.53 bits per heavy atom. The first-order valence-corrected chi connectivity index (χ1v) is 6.42. The summed E-state index contributed by atoms with van der Waals surface area (Å²) in [6.45, 7) is 3.33. The van der Waals surface area contributed by atoms with Crippen molar-refractivity contribution in [3.05, 3.63) is 52.1 Å². The fourth-order valence-corrected chi connectivity index (χ4v) is 1.92. The maximum absolute atomic E-state index is 11.7. The third-order valence-electron chi connectivity index (χ3n) is 3.19. The molecule has 0 bridgehead atoms. The summed E-state index contributed by atoms with van der Waals surface area (Å²) in [6, 6.07) is 9.57. The zero-order valence-electron chi connectivity index (χ0n) is 11.3. The number of ketones is 1. The van der Waals surface area contributed by atoms with Gasteiger partial charge in [-0.3, -0.25) is 14.9 Å². The Kier molecular flexibility index (Phi) is 5.93. The minimum Gasteiger partial charge on any atom is -0.299 e. The van der Waals surface area contributed by atoms with Gasteiger partial charge in [-0.05, 0) is 5.56 Å². The average Bonchev–Trinajstić information content (AvgIpc) is 2.42. The molecule has 102 valence electrons. The smallest absolute Gasteiger partial charge is 0.210 e. The van der Waals surface area contributed by atoms with Gasteiger partial charge in [-0.1, -0.05) is 56.3 Å². The largest absolute Gasteiger partial charge is 0.299 e. The summed E-state index contributed by atoms with van der Waals surface area (Å²) >= 11 is 0. The Morgan fingerprint density at radius 1 is 1.37 bits per heavy atom. The molecule has 0 aliphatic carbocycles. The van der Waals surface area contributed by atoms with Crippen LogP contribution >= 0.6 is 0 Å². The second kappa shape index (κ2) is 7.46. The molecule has 0 saturated heterocycles. The number of hydrogen-bond acceptors (Lipinski definition) is 3. The van der Waals surface area contributed by atoms with Gasteiger partial charge in [-0.15, -0.1) is 0 Å². The van der Waals surface area contributed by atoms with Gasteiger partial charge in [0.1, 0.15) is 5.78 Å². The maximum Gasteiger partial charge on any atom is 0.210 e. The van der Waals surface area contributed by atoms with Crippen molar-refractivity contribution in [2.24, 2.45) is 11.8 Å². The van der Waals surface area contributed by atoms with Crippen LogP contribution in [0.15, 0.2) is 36.4 Å². The van der Waals surface area contributed by atoms with Crippen LogP contribution in [0.2, 0.25) is 0 Å². The Balaban J connectivity index is 2.83. The Hall–Kier alpha value is -1.97. The van der Waals surface area contributed by atoms with Crippen LogP contribution in [-0.4, -0.2) is 17.3 Å². The molecule has 0 saturated carbocycles. The van der Waals surface area contributed by atoms with E-state index >= 15 is 0 Å². The van der Waals surface area contributed by atoms with E-state index in [2.05, 4.69) is 0 Å².